The normalized spacial score (nSPS) is 12.3. The summed E-state index contributed by atoms with van der Waals surface area (Å²) < 4.78 is 0.931. The molecule has 0 aliphatic heterocycles. The molecule has 0 aliphatic carbocycles. The molecule has 1 amide bonds. The van der Waals surface area contributed by atoms with Gasteiger partial charge >= 0.3 is 5.97 Å². The summed E-state index contributed by atoms with van der Waals surface area (Å²) in [5.41, 5.74) is 2.25. The van der Waals surface area contributed by atoms with Crippen molar-refractivity contribution in [2.24, 2.45) is 5.92 Å². The first-order valence-corrected chi connectivity index (χ1v) is 6.83. The van der Waals surface area contributed by atoms with E-state index in [1.807, 2.05) is 19.9 Å². The molecular formula is C14H18BrNO3. The Morgan fingerprint density at radius 2 is 1.79 bits per heavy atom. The van der Waals surface area contributed by atoms with E-state index in [1.54, 1.807) is 19.9 Å². The molecule has 0 fully saturated rings. The number of nitrogens with one attached hydrogen (secondary N) is 1. The van der Waals surface area contributed by atoms with Gasteiger partial charge in [0.05, 0.1) is 0 Å². The third kappa shape index (κ3) is 3.80. The van der Waals surface area contributed by atoms with Crippen molar-refractivity contribution in [2.75, 3.05) is 0 Å². The summed E-state index contributed by atoms with van der Waals surface area (Å²) in [5.74, 6) is -1.54. The Hall–Kier alpha value is -1.36. The summed E-state index contributed by atoms with van der Waals surface area (Å²) in [5, 5.41) is 11.7. The fraction of sp³-hybridized carbons (Fsp3) is 0.429. The van der Waals surface area contributed by atoms with E-state index >= 15 is 0 Å². The van der Waals surface area contributed by atoms with Crippen molar-refractivity contribution < 1.29 is 14.7 Å². The summed E-state index contributed by atoms with van der Waals surface area (Å²) >= 11 is 3.40. The Morgan fingerprint density at radius 1 is 1.21 bits per heavy atom. The van der Waals surface area contributed by atoms with Gasteiger partial charge in [0.2, 0.25) is 0 Å². The van der Waals surface area contributed by atoms with Gasteiger partial charge in [-0.2, -0.15) is 0 Å². The zero-order valence-electron chi connectivity index (χ0n) is 11.5. The Balaban J connectivity index is 3.01. The molecule has 0 bridgehead atoms. The largest absolute Gasteiger partial charge is 0.480 e. The van der Waals surface area contributed by atoms with Crippen LogP contribution in [-0.4, -0.2) is 23.0 Å². The zero-order chi connectivity index (χ0) is 14.7. The Kier molecular flexibility index (Phi) is 5.11. The molecule has 0 saturated carbocycles. The number of rotatable bonds is 4. The predicted molar refractivity (Wildman–Crippen MR) is 77.3 cm³/mol. The van der Waals surface area contributed by atoms with E-state index in [1.165, 1.54) is 0 Å². The van der Waals surface area contributed by atoms with Crippen LogP contribution in [0.4, 0.5) is 0 Å². The van der Waals surface area contributed by atoms with E-state index < -0.39 is 12.0 Å². The van der Waals surface area contributed by atoms with Gasteiger partial charge in [-0.15, -0.1) is 0 Å². The van der Waals surface area contributed by atoms with E-state index in [4.69, 9.17) is 5.11 Å². The minimum atomic E-state index is -1.02. The first kappa shape index (κ1) is 15.7. The van der Waals surface area contributed by atoms with Gasteiger partial charge in [0.25, 0.3) is 5.91 Å². The van der Waals surface area contributed by atoms with Gasteiger partial charge in [-0.05, 0) is 43.0 Å². The molecule has 5 heteroatoms. The number of carbonyl (C=O) groups is 2. The van der Waals surface area contributed by atoms with Crippen LogP contribution in [0, 0.1) is 19.8 Å². The smallest absolute Gasteiger partial charge is 0.326 e. The van der Waals surface area contributed by atoms with Crippen molar-refractivity contribution in [3.63, 3.8) is 0 Å². The number of carboxylic acids is 1. The molecule has 0 aliphatic rings. The van der Waals surface area contributed by atoms with Gasteiger partial charge in [-0.25, -0.2) is 4.79 Å². The SMILES string of the molecule is Cc1cc(C(=O)NC(C(=O)O)C(C)C)c(C)cc1Br. The average molecular weight is 328 g/mol. The monoisotopic (exact) mass is 327 g/mol. The third-order valence-electron chi connectivity index (χ3n) is 2.97. The highest BCUT2D eigenvalue weighted by Gasteiger charge is 2.24. The van der Waals surface area contributed by atoms with Crippen LogP contribution < -0.4 is 5.32 Å². The second-order valence-corrected chi connectivity index (χ2v) is 5.80. The lowest BCUT2D eigenvalue weighted by atomic mass is 10.0. The maximum absolute atomic E-state index is 12.2. The number of amides is 1. The molecule has 1 aromatic carbocycles. The van der Waals surface area contributed by atoms with Gasteiger partial charge < -0.3 is 10.4 Å². The molecule has 0 saturated heterocycles. The molecule has 0 aromatic heterocycles. The van der Waals surface area contributed by atoms with Crippen LogP contribution in [0.25, 0.3) is 0 Å². The molecular weight excluding hydrogens is 310 g/mol. The molecule has 1 rings (SSSR count). The van der Waals surface area contributed by atoms with E-state index in [-0.39, 0.29) is 11.8 Å². The average Bonchev–Trinajstić information content (AvgIpc) is 2.29. The van der Waals surface area contributed by atoms with Crippen molar-refractivity contribution >= 4 is 27.8 Å². The van der Waals surface area contributed by atoms with Crippen LogP contribution in [0.2, 0.25) is 0 Å². The second kappa shape index (κ2) is 6.19. The molecule has 104 valence electrons. The minimum Gasteiger partial charge on any atom is -0.480 e. The first-order chi connectivity index (χ1) is 8.73. The molecule has 2 N–H and O–H groups in total. The predicted octanol–water partition coefficient (Wildman–Crippen LogP) is 2.90. The van der Waals surface area contributed by atoms with Crippen molar-refractivity contribution in [3.05, 3.63) is 33.3 Å². The maximum Gasteiger partial charge on any atom is 0.326 e. The fourth-order valence-corrected chi connectivity index (χ4v) is 2.22. The maximum atomic E-state index is 12.2. The molecule has 1 aromatic rings. The van der Waals surface area contributed by atoms with Crippen molar-refractivity contribution in [2.45, 2.75) is 33.7 Å². The van der Waals surface area contributed by atoms with Crippen molar-refractivity contribution in [1.29, 1.82) is 0 Å². The summed E-state index contributed by atoms with van der Waals surface area (Å²) in [4.78, 5) is 23.3. The number of aryl methyl sites for hydroxylation is 2. The van der Waals surface area contributed by atoms with Crippen LogP contribution in [0.3, 0.4) is 0 Å². The summed E-state index contributed by atoms with van der Waals surface area (Å²) in [6.45, 7) is 7.24. The second-order valence-electron chi connectivity index (χ2n) is 4.95. The molecule has 0 radical (unpaired) electrons. The summed E-state index contributed by atoms with van der Waals surface area (Å²) in [7, 11) is 0. The number of halogens is 1. The fourth-order valence-electron chi connectivity index (χ4n) is 1.76. The van der Waals surface area contributed by atoms with Gasteiger partial charge in [0, 0.05) is 10.0 Å². The van der Waals surface area contributed by atoms with Crippen molar-refractivity contribution in [1.82, 2.24) is 5.32 Å². The van der Waals surface area contributed by atoms with E-state index in [0.29, 0.717) is 5.56 Å². The lowest BCUT2D eigenvalue weighted by Crippen LogP contribution is -2.44. The third-order valence-corrected chi connectivity index (χ3v) is 3.82. The number of carboxylic acid groups (broad SMARTS) is 1. The molecule has 1 unspecified atom stereocenters. The van der Waals surface area contributed by atoms with Crippen LogP contribution in [0.5, 0.6) is 0 Å². The summed E-state index contributed by atoms with van der Waals surface area (Å²) in [6.07, 6.45) is 0. The highest BCUT2D eigenvalue weighted by atomic mass is 79.9. The molecule has 0 heterocycles. The summed E-state index contributed by atoms with van der Waals surface area (Å²) in [6, 6.07) is 2.74. The zero-order valence-corrected chi connectivity index (χ0v) is 13.0. The van der Waals surface area contributed by atoms with Crippen LogP contribution in [0.15, 0.2) is 16.6 Å². The van der Waals surface area contributed by atoms with Gasteiger partial charge in [-0.1, -0.05) is 29.8 Å². The minimum absolute atomic E-state index is 0.168. The quantitative estimate of drug-likeness (QED) is 0.893. The Bertz CT molecular complexity index is 512. The standard InChI is InChI=1S/C14H18BrNO3/c1-7(2)12(14(18)19)16-13(17)10-5-9(4)11(15)6-8(10)3/h5-7,12H,1-4H3,(H,16,17)(H,18,19). The van der Waals surface area contributed by atoms with Crippen LogP contribution >= 0.6 is 15.9 Å². The van der Waals surface area contributed by atoms with E-state index in [0.717, 1.165) is 15.6 Å². The van der Waals surface area contributed by atoms with Gasteiger partial charge in [0.15, 0.2) is 0 Å². The number of aliphatic carboxylic acids is 1. The van der Waals surface area contributed by atoms with E-state index in [2.05, 4.69) is 21.2 Å². The molecule has 4 nitrogen and oxygen atoms in total. The first-order valence-electron chi connectivity index (χ1n) is 6.04. The highest BCUT2D eigenvalue weighted by molar-refractivity contribution is 9.10. The topological polar surface area (TPSA) is 66.4 Å². The lowest BCUT2D eigenvalue weighted by molar-refractivity contribution is -0.140. The van der Waals surface area contributed by atoms with Gasteiger partial charge in [-0.3, -0.25) is 4.79 Å². The van der Waals surface area contributed by atoms with Crippen LogP contribution in [-0.2, 0) is 4.79 Å². The number of carbonyl (C=O) groups excluding carboxylic acids is 1. The van der Waals surface area contributed by atoms with E-state index in [9.17, 15) is 9.59 Å². The number of hydrogen-bond acceptors (Lipinski definition) is 2. The molecule has 0 spiro atoms. The molecule has 1 atom stereocenters. The number of hydrogen-bond donors (Lipinski definition) is 2. The lowest BCUT2D eigenvalue weighted by Gasteiger charge is -2.19. The van der Waals surface area contributed by atoms with Crippen molar-refractivity contribution in [3.8, 4) is 0 Å². The Labute approximate surface area is 121 Å². The molecule has 19 heavy (non-hydrogen) atoms. The highest BCUT2D eigenvalue weighted by Crippen LogP contribution is 2.21. The van der Waals surface area contributed by atoms with Gasteiger partial charge in [0.1, 0.15) is 6.04 Å². The Morgan fingerprint density at radius 3 is 2.26 bits per heavy atom. The van der Waals surface area contributed by atoms with Crippen LogP contribution in [0.1, 0.15) is 35.3 Å². The number of benzene rings is 1.